The highest BCUT2D eigenvalue weighted by molar-refractivity contribution is 5.78. The fourth-order valence-corrected chi connectivity index (χ4v) is 2.56. The Balaban J connectivity index is 2.27. The Morgan fingerprint density at radius 2 is 1.85 bits per heavy atom. The number of terminal acetylenes is 1. The molecule has 1 aliphatic carbocycles. The van der Waals surface area contributed by atoms with Gasteiger partial charge < -0.3 is 15.7 Å². The van der Waals surface area contributed by atoms with E-state index in [4.69, 9.17) is 6.42 Å². The minimum absolute atomic E-state index is 0.207. The van der Waals surface area contributed by atoms with Gasteiger partial charge in [-0.05, 0) is 25.7 Å². The standard InChI is InChI=1S/C15H24N2O3/c1-2-3-4-8-11-16-14(20)17-12-15(13(18)19)9-6-5-7-10-15/h1H,3-12H2,(H,18,19)(H2,16,17,20). The van der Waals surface area contributed by atoms with Gasteiger partial charge in [0.15, 0.2) is 0 Å². The molecule has 0 aromatic carbocycles. The number of unbranched alkanes of at least 4 members (excludes halogenated alkanes) is 2. The van der Waals surface area contributed by atoms with Gasteiger partial charge in [0, 0.05) is 19.5 Å². The fraction of sp³-hybridized carbons (Fsp3) is 0.733. The lowest BCUT2D eigenvalue weighted by atomic mass is 9.74. The first-order chi connectivity index (χ1) is 9.60. The van der Waals surface area contributed by atoms with Gasteiger partial charge in [0.2, 0.25) is 0 Å². The van der Waals surface area contributed by atoms with Crippen molar-refractivity contribution in [3.05, 3.63) is 0 Å². The third-order valence-corrected chi connectivity index (χ3v) is 3.89. The first-order valence-electron chi connectivity index (χ1n) is 7.29. The molecule has 0 saturated heterocycles. The second kappa shape index (κ2) is 8.47. The molecule has 0 radical (unpaired) electrons. The van der Waals surface area contributed by atoms with Gasteiger partial charge in [-0.3, -0.25) is 4.79 Å². The van der Waals surface area contributed by atoms with E-state index in [0.29, 0.717) is 25.8 Å². The largest absolute Gasteiger partial charge is 0.481 e. The van der Waals surface area contributed by atoms with Crippen LogP contribution in [0.1, 0.15) is 51.4 Å². The molecule has 0 atom stereocenters. The summed E-state index contributed by atoms with van der Waals surface area (Å²) >= 11 is 0. The topological polar surface area (TPSA) is 78.4 Å². The summed E-state index contributed by atoms with van der Waals surface area (Å²) < 4.78 is 0. The van der Waals surface area contributed by atoms with Crippen molar-refractivity contribution >= 4 is 12.0 Å². The van der Waals surface area contributed by atoms with Crippen molar-refractivity contribution in [2.75, 3.05) is 13.1 Å². The average Bonchev–Trinajstić information content (AvgIpc) is 2.46. The van der Waals surface area contributed by atoms with Crippen molar-refractivity contribution in [2.45, 2.75) is 51.4 Å². The van der Waals surface area contributed by atoms with Gasteiger partial charge in [-0.15, -0.1) is 12.3 Å². The minimum atomic E-state index is -0.800. The van der Waals surface area contributed by atoms with Crippen LogP contribution in [0.5, 0.6) is 0 Å². The lowest BCUT2D eigenvalue weighted by molar-refractivity contribution is -0.150. The molecule has 0 aliphatic heterocycles. The van der Waals surface area contributed by atoms with Crippen LogP contribution in [0.15, 0.2) is 0 Å². The summed E-state index contributed by atoms with van der Waals surface area (Å²) in [4.78, 5) is 23.1. The first kappa shape index (κ1) is 16.4. The van der Waals surface area contributed by atoms with Gasteiger partial charge in [0.05, 0.1) is 5.41 Å². The molecule has 0 bridgehead atoms. The van der Waals surface area contributed by atoms with E-state index in [0.717, 1.165) is 32.1 Å². The van der Waals surface area contributed by atoms with E-state index in [9.17, 15) is 14.7 Å². The molecule has 3 N–H and O–H groups in total. The summed E-state index contributed by atoms with van der Waals surface area (Å²) in [6.45, 7) is 0.770. The van der Waals surface area contributed by atoms with E-state index >= 15 is 0 Å². The SMILES string of the molecule is C#CCCCCNC(=O)NCC1(C(=O)O)CCCCC1. The molecule has 0 unspecified atom stereocenters. The molecule has 0 aromatic rings. The number of carboxylic acids is 1. The highest BCUT2D eigenvalue weighted by Crippen LogP contribution is 2.35. The number of hydrogen-bond donors (Lipinski definition) is 3. The van der Waals surface area contributed by atoms with E-state index in [-0.39, 0.29) is 12.6 Å². The molecule has 5 heteroatoms. The zero-order chi connectivity index (χ0) is 14.8. The Hall–Kier alpha value is -1.70. The van der Waals surface area contributed by atoms with Crippen molar-refractivity contribution in [3.8, 4) is 12.3 Å². The van der Waals surface area contributed by atoms with Crippen LogP contribution in [0.4, 0.5) is 4.79 Å². The van der Waals surface area contributed by atoms with E-state index in [1.807, 2.05) is 0 Å². The second-order valence-electron chi connectivity index (χ2n) is 5.42. The fourth-order valence-electron chi connectivity index (χ4n) is 2.56. The van der Waals surface area contributed by atoms with Crippen LogP contribution in [0.2, 0.25) is 0 Å². The molecule has 1 saturated carbocycles. The van der Waals surface area contributed by atoms with Gasteiger partial charge in [-0.2, -0.15) is 0 Å². The minimum Gasteiger partial charge on any atom is -0.481 e. The number of rotatable bonds is 7. The van der Waals surface area contributed by atoms with Crippen molar-refractivity contribution in [2.24, 2.45) is 5.41 Å². The second-order valence-corrected chi connectivity index (χ2v) is 5.42. The smallest absolute Gasteiger partial charge is 0.314 e. The maximum absolute atomic E-state index is 11.6. The van der Waals surface area contributed by atoms with Crippen LogP contribution in [0.25, 0.3) is 0 Å². The first-order valence-corrected chi connectivity index (χ1v) is 7.29. The maximum Gasteiger partial charge on any atom is 0.314 e. The quantitative estimate of drug-likeness (QED) is 0.494. The monoisotopic (exact) mass is 280 g/mol. The molecular weight excluding hydrogens is 256 g/mol. The summed E-state index contributed by atoms with van der Waals surface area (Å²) in [5.74, 6) is 1.75. The van der Waals surface area contributed by atoms with Crippen molar-refractivity contribution in [1.29, 1.82) is 0 Å². The Kier molecular flexibility index (Phi) is 6.92. The zero-order valence-corrected chi connectivity index (χ0v) is 11.9. The summed E-state index contributed by atoms with van der Waals surface area (Å²) in [6.07, 6.45) is 11.8. The number of carboxylic acid groups (broad SMARTS) is 1. The number of carbonyl (C=O) groups excluding carboxylic acids is 1. The van der Waals surface area contributed by atoms with Crippen LogP contribution in [0.3, 0.4) is 0 Å². The number of nitrogens with one attached hydrogen (secondary N) is 2. The predicted octanol–water partition coefficient (Wildman–Crippen LogP) is 2.12. The molecule has 2 amide bonds. The summed E-state index contributed by atoms with van der Waals surface area (Å²) in [7, 11) is 0. The highest BCUT2D eigenvalue weighted by atomic mass is 16.4. The lowest BCUT2D eigenvalue weighted by Crippen LogP contribution is -2.47. The third-order valence-electron chi connectivity index (χ3n) is 3.89. The zero-order valence-electron chi connectivity index (χ0n) is 11.9. The highest BCUT2D eigenvalue weighted by Gasteiger charge is 2.39. The van der Waals surface area contributed by atoms with Crippen LogP contribution < -0.4 is 10.6 Å². The van der Waals surface area contributed by atoms with Crippen LogP contribution in [0, 0.1) is 17.8 Å². The van der Waals surface area contributed by atoms with Crippen molar-refractivity contribution in [3.63, 3.8) is 0 Å². The molecule has 0 spiro atoms. The third kappa shape index (κ3) is 5.12. The number of urea groups is 1. The molecular formula is C15H24N2O3. The summed E-state index contributed by atoms with van der Waals surface area (Å²) in [5, 5.41) is 14.8. The van der Waals surface area contributed by atoms with Crippen molar-refractivity contribution < 1.29 is 14.7 Å². The lowest BCUT2D eigenvalue weighted by Gasteiger charge is -2.33. The Morgan fingerprint density at radius 1 is 1.15 bits per heavy atom. The molecule has 1 fully saturated rings. The van der Waals surface area contributed by atoms with Gasteiger partial charge in [-0.25, -0.2) is 4.79 Å². The average molecular weight is 280 g/mol. The summed E-state index contributed by atoms with van der Waals surface area (Å²) in [5.41, 5.74) is -0.779. The van der Waals surface area contributed by atoms with Gasteiger partial charge in [0.25, 0.3) is 0 Å². The molecule has 1 aliphatic rings. The van der Waals surface area contributed by atoms with E-state index in [1.165, 1.54) is 0 Å². The van der Waals surface area contributed by atoms with Gasteiger partial charge in [0.1, 0.15) is 0 Å². The van der Waals surface area contributed by atoms with E-state index < -0.39 is 11.4 Å². The maximum atomic E-state index is 11.6. The van der Waals surface area contributed by atoms with Crippen molar-refractivity contribution in [1.82, 2.24) is 10.6 Å². The Labute approximate surface area is 120 Å². The Bertz CT molecular complexity index is 368. The van der Waals surface area contributed by atoms with E-state index in [1.54, 1.807) is 0 Å². The molecule has 0 aromatic heterocycles. The molecule has 20 heavy (non-hydrogen) atoms. The van der Waals surface area contributed by atoms with Crippen LogP contribution in [-0.2, 0) is 4.79 Å². The van der Waals surface area contributed by atoms with Crippen LogP contribution in [-0.4, -0.2) is 30.2 Å². The Morgan fingerprint density at radius 3 is 2.45 bits per heavy atom. The molecule has 5 nitrogen and oxygen atoms in total. The van der Waals surface area contributed by atoms with Gasteiger partial charge in [-0.1, -0.05) is 19.3 Å². The molecule has 112 valence electrons. The number of aliphatic carboxylic acids is 1. The van der Waals surface area contributed by atoms with Gasteiger partial charge >= 0.3 is 12.0 Å². The van der Waals surface area contributed by atoms with Crippen LogP contribution >= 0.6 is 0 Å². The van der Waals surface area contributed by atoms with E-state index in [2.05, 4.69) is 16.6 Å². The molecule has 1 rings (SSSR count). The summed E-state index contributed by atoms with van der Waals surface area (Å²) in [6, 6.07) is -0.295. The number of hydrogen-bond acceptors (Lipinski definition) is 2. The normalized spacial score (nSPS) is 16.9. The predicted molar refractivity (Wildman–Crippen MR) is 77.2 cm³/mol. The number of carbonyl (C=O) groups is 2. The molecule has 0 heterocycles. The number of amides is 2.